The molecule has 1 aromatic rings. The molecule has 1 fully saturated rings. The minimum atomic E-state index is -0.298. The predicted octanol–water partition coefficient (Wildman–Crippen LogP) is 2.28. The summed E-state index contributed by atoms with van der Waals surface area (Å²) in [6, 6.07) is 3.94. The van der Waals surface area contributed by atoms with Crippen molar-refractivity contribution in [3.8, 4) is 11.5 Å². The third-order valence-electron chi connectivity index (χ3n) is 3.85. The molecule has 0 saturated heterocycles. The molecular formula is C14H18FNO2. The molecule has 1 N–H and O–H groups in total. The summed E-state index contributed by atoms with van der Waals surface area (Å²) in [6.07, 6.45) is 4.56. The van der Waals surface area contributed by atoms with Crippen molar-refractivity contribution in [3.05, 3.63) is 23.5 Å². The highest BCUT2D eigenvalue weighted by atomic mass is 19.1. The SMILES string of the molecule is COc1ccc(F)c2c1CC(NC1CCC1)CO2. The number of halogens is 1. The maximum atomic E-state index is 13.7. The molecule has 1 aliphatic carbocycles. The highest BCUT2D eigenvalue weighted by Gasteiger charge is 2.28. The Bertz CT molecular complexity index is 446. The van der Waals surface area contributed by atoms with Gasteiger partial charge in [0.2, 0.25) is 0 Å². The Balaban J connectivity index is 1.79. The zero-order valence-electron chi connectivity index (χ0n) is 10.5. The molecule has 18 heavy (non-hydrogen) atoms. The number of fused-ring (bicyclic) bond motifs is 1. The van der Waals surface area contributed by atoms with Crippen LogP contribution in [-0.4, -0.2) is 25.8 Å². The van der Waals surface area contributed by atoms with Crippen LogP contribution in [0.1, 0.15) is 24.8 Å². The number of ether oxygens (including phenoxy) is 2. The van der Waals surface area contributed by atoms with Gasteiger partial charge < -0.3 is 14.8 Å². The first kappa shape index (κ1) is 11.8. The van der Waals surface area contributed by atoms with Gasteiger partial charge in [-0.25, -0.2) is 4.39 Å². The number of hydrogen-bond acceptors (Lipinski definition) is 3. The molecule has 3 nitrogen and oxygen atoms in total. The summed E-state index contributed by atoms with van der Waals surface area (Å²) >= 11 is 0. The molecule has 98 valence electrons. The average Bonchev–Trinajstić information content (AvgIpc) is 2.34. The molecule has 1 unspecified atom stereocenters. The lowest BCUT2D eigenvalue weighted by Gasteiger charge is -2.34. The van der Waals surface area contributed by atoms with E-state index >= 15 is 0 Å². The fourth-order valence-electron chi connectivity index (χ4n) is 2.63. The molecule has 1 aromatic carbocycles. The molecule has 4 heteroatoms. The van der Waals surface area contributed by atoms with E-state index in [1.165, 1.54) is 25.3 Å². The Morgan fingerprint density at radius 2 is 2.17 bits per heavy atom. The highest BCUT2D eigenvalue weighted by Crippen LogP contribution is 2.35. The predicted molar refractivity (Wildman–Crippen MR) is 66.7 cm³/mol. The van der Waals surface area contributed by atoms with Gasteiger partial charge in [-0.2, -0.15) is 0 Å². The quantitative estimate of drug-likeness (QED) is 0.894. The van der Waals surface area contributed by atoms with Gasteiger partial charge in [-0.1, -0.05) is 6.42 Å². The monoisotopic (exact) mass is 251 g/mol. The average molecular weight is 251 g/mol. The number of methoxy groups -OCH3 is 1. The molecule has 0 radical (unpaired) electrons. The van der Waals surface area contributed by atoms with E-state index in [4.69, 9.17) is 9.47 Å². The Hall–Kier alpha value is -1.29. The van der Waals surface area contributed by atoms with E-state index in [1.807, 2.05) is 0 Å². The number of hydrogen-bond donors (Lipinski definition) is 1. The van der Waals surface area contributed by atoms with Gasteiger partial charge in [0.15, 0.2) is 11.6 Å². The van der Waals surface area contributed by atoms with Crippen LogP contribution in [0.3, 0.4) is 0 Å². The summed E-state index contributed by atoms with van der Waals surface area (Å²) < 4.78 is 24.5. The van der Waals surface area contributed by atoms with Crippen molar-refractivity contribution in [2.45, 2.75) is 37.8 Å². The van der Waals surface area contributed by atoms with Crippen LogP contribution in [0.15, 0.2) is 12.1 Å². The smallest absolute Gasteiger partial charge is 0.165 e. The van der Waals surface area contributed by atoms with Gasteiger partial charge in [0.25, 0.3) is 0 Å². The molecular weight excluding hydrogens is 233 g/mol. The van der Waals surface area contributed by atoms with Gasteiger partial charge in [0, 0.05) is 17.6 Å². The number of rotatable bonds is 3. The molecule has 0 bridgehead atoms. The zero-order valence-corrected chi connectivity index (χ0v) is 10.5. The summed E-state index contributed by atoms with van der Waals surface area (Å²) in [5.41, 5.74) is 0.848. The topological polar surface area (TPSA) is 30.5 Å². The molecule has 1 aliphatic heterocycles. The molecule has 1 atom stereocenters. The minimum Gasteiger partial charge on any atom is -0.496 e. The molecule has 0 amide bonds. The van der Waals surface area contributed by atoms with Crippen molar-refractivity contribution in [2.75, 3.05) is 13.7 Å². The van der Waals surface area contributed by atoms with E-state index in [0.717, 1.165) is 12.0 Å². The van der Waals surface area contributed by atoms with Gasteiger partial charge in [-0.3, -0.25) is 0 Å². The normalized spacial score (nSPS) is 22.9. The number of benzene rings is 1. The van der Waals surface area contributed by atoms with Crippen LogP contribution in [0, 0.1) is 5.82 Å². The van der Waals surface area contributed by atoms with E-state index in [2.05, 4.69) is 5.32 Å². The van der Waals surface area contributed by atoms with Gasteiger partial charge in [0.05, 0.1) is 7.11 Å². The maximum Gasteiger partial charge on any atom is 0.165 e. The minimum absolute atomic E-state index is 0.262. The Kier molecular flexibility index (Phi) is 3.12. The van der Waals surface area contributed by atoms with Crippen LogP contribution >= 0.6 is 0 Å². The van der Waals surface area contributed by atoms with Crippen molar-refractivity contribution in [2.24, 2.45) is 0 Å². The van der Waals surface area contributed by atoms with Gasteiger partial charge in [0.1, 0.15) is 12.4 Å². The summed E-state index contributed by atoms with van der Waals surface area (Å²) in [5, 5.41) is 3.56. The second kappa shape index (κ2) is 4.76. The molecule has 1 saturated carbocycles. The Labute approximate surface area is 106 Å². The van der Waals surface area contributed by atoms with Crippen molar-refractivity contribution in [3.63, 3.8) is 0 Å². The molecule has 0 aromatic heterocycles. The van der Waals surface area contributed by atoms with Crippen LogP contribution in [-0.2, 0) is 6.42 Å². The first-order valence-electron chi connectivity index (χ1n) is 6.52. The maximum absolute atomic E-state index is 13.7. The van der Waals surface area contributed by atoms with E-state index in [0.29, 0.717) is 24.1 Å². The molecule has 1 heterocycles. The number of nitrogens with one attached hydrogen (secondary N) is 1. The zero-order chi connectivity index (χ0) is 12.5. The van der Waals surface area contributed by atoms with Crippen molar-refractivity contribution >= 4 is 0 Å². The van der Waals surface area contributed by atoms with Crippen molar-refractivity contribution < 1.29 is 13.9 Å². The Morgan fingerprint density at radius 3 is 2.83 bits per heavy atom. The standard InChI is InChI=1S/C14H18FNO2/c1-17-13-6-5-12(15)14-11(13)7-10(8-18-14)16-9-3-2-4-9/h5-6,9-10,16H,2-4,7-8H2,1H3. The van der Waals surface area contributed by atoms with Crippen LogP contribution in [0.2, 0.25) is 0 Å². The third-order valence-corrected chi connectivity index (χ3v) is 3.85. The lowest BCUT2D eigenvalue weighted by molar-refractivity contribution is 0.195. The van der Waals surface area contributed by atoms with E-state index < -0.39 is 0 Å². The van der Waals surface area contributed by atoms with Crippen LogP contribution in [0.25, 0.3) is 0 Å². The fraction of sp³-hybridized carbons (Fsp3) is 0.571. The Morgan fingerprint density at radius 1 is 1.33 bits per heavy atom. The van der Waals surface area contributed by atoms with Crippen LogP contribution in [0.5, 0.6) is 11.5 Å². The first-order valence-corrected chi connectivity index (χ1v) is 6.52. The molecule has 2 aliphatic rings. The lowest BCUT2D eigenvalue weighted by Crippen LogP contribution is -2.47. The van der Waals surface area contributed by atoms with E-state index in [-0.39, 0.29) is 11.9 Å². The highest BCUT2D eigenvalue weighted by molar-refractivity contribution is 5.47. The van der Waals surface area contributed by atoms with Gasteiger partial charge in [-0.05, 0) is 31.4 Å². The summed E-state index contributed by atoms with van der Waals surface area (Å²) in [5.74, 6) is 0.778. The largest absolute Gasteiger partial charge is 0.496 e. The second-order valence-electron chi connectivity index (χ2n) is 5.06. The van der Waals surface area contributed by atoms with Crippen LogP contribution < -0.4 is 14.8 Å². The van der Waals surface area contributed by atoms with Crippen LogP contribution in [0.4, 0.5) is 4.39 Å². The lowest BCUT2D eigenvalue weighted by atomic mass is 9.91. The summed E-state index contributed by atoms with van der Waals surface area (Å²) in [6.45, 7) is 0.535. The van der Waals surface area contributed by atoms with E-state index in [1.54, 1.807) is 13.2 Å². The van der Waals surface area contributed by atoms with Gasteiger partial charge >= 0.3 is 0 Å². The second-order valence-corrected chi connectivity index (χ2v) is 5.06. The summed E-state index contributed by atoms with van der Waals surface area (Å²) in [4.78, 5) is 0. The third kappa shape index (κ3) is 2.05. The van der Waals surface area contributed by atoms with Crippen molar-refractivity contribution in [1.29, 1.82) is 0 Å². The van der Waals surface area contributed by atoms with Crippen molar-refractivity contribution in [1.82, 2.24) is 5.32 Å². The molecule has 3 rings (SSSR count). The molecule has 0 spiro atoms. The fourth-order valence-corrected chi connectivity index (χ4v) is 2.63. The first-order chi connectivity index (χ1) is 8.78. The van der Waals surface area contributed by atoms with Gasteiger partial charge in [-0.15, -0.1) is 0 Å². The summed E-state index contributed by atoms with van der Waals surface area (Å²) in [7, 11) is 1.61. The van der Waals surface area contributed by atoms with E-state index in [9.17, 15) is 4.39 Å².